The maximum absolute atomic E-state index is 11.9. The first-order valence-electron chi connectivity index (χ1n) is 4.62. The molecular weight excluding hydrogens is 226 g/mol. The maximum atomic E-state index is 11.9. The van der Waals surface area contributed by atoms with Gasteiger partial charge in [0.25, 0.3) is 5.91 Å². The molecule has 0 radical (unpaired) electrons. The molecule has 6 heteroatoms. The number of amides is 1. The van der Waals surface area contributed by atoms with Crippen LogP contribution >= 0.6 is 0 Å². The molecule has 5 nitrogen and oxygen atoms in total. The molecule has 1 aromatic carbocycles. The van der Waals surface area contributed by atoms with Crippen LogP contribution in [-0.4, -0.2) is 34.8 Å². The van der Waals surface area contributed by atoms with Gasteiger partial charge in [-0.25, -0.2) is 8.51 Å². The van der Waals surface area contributed by atoms with E-state index < -0.39 is 15.8 Å². The molecule has 0 aliphatic heterocycles. The van der Waals surface area contributed by atoms with E-state index in [0.29, 0.717) is 11.3 Å². The van der Waals surface area contributed by atoms with Crippen molar-refractivity contribution in [2.75, 3.05) is 26.1 Å². The molecule has 0 bridgehead atoms. The van der Waals surface area contributed by atoms with Gasteiger partial charge in [0.2, 0.25) is 0 Å². The number of nitrogens with two attached hydrogens (primary N) is 1. The predicted molar refractivity (Wildman–Crippen MR) is 65.4 cm³/mol. The molecule has 0 aromatic heterocycles. The zero-order chi connectivity index (χ0) is 12.3. The summed E-state index contributed by atoms with van der Waals surface area (Å²) < 4.78 is 17.0. The molecule has 2 N–H and O–H groups in total. The molecule has 0 saturated carbocycles. The molecule has 0 saturated heterocycles. The van der Waals surface area contributed by atoms with Gasteiger partial charge in [-0.15, -0.1) is 4.36 Å². The van der Waals surface area contributed by atoms with Crippen LogP contribution in [0.4, 0.5) is 5.69 Å². The highest BCUT2D eigenvalue weighted by atomic mass is 32.2. The van der Waals surface area contributed by atoms with Crippen LogP contribution in [0.25, 0.3) is 0 Å². The first-order chi connectivity index (χ1) is 7.33. The van der Waals surface area contributed by atoms with E-state index in [1.807, 2.05) is 0 Å². The molecule has 0 aliphatic carbocycles. The second-order valence-electron chi connectivity index (χ2n) is 3.59. The Kier molecular flexibility index (Phi) is 3.66. The molecule has 1 aromatic rings. The highest BCUT2D eigenvalue weighted by Gasteiger charge is 2.10. The van der Waals surface area contributed by atoms with Crippen molar-refractivity contribution < 1.29 is 9.00 Å². The van der Waals surface area contributed by atoms with E-state index in [9.17, 15) is 9.00 Å². The van der Waals surface area contributed by atoms with E-state index in [1.165, 1.54) is 10.6 Å². The lowest BCUT2D eigenvalue weighted by molar-refractivity contribution is 0.100. The van der Waals surface area contributed by atoms with Crippen LogP contribution in [0.1, 0.15) is 10.4 Å². The Hall–Kier alpha value is -1.40. The van der Waals surface area contributed by atoms with E-state index in [2.05, 4.69) is 4.36 Å². The SMILES string of the molecule is CN(C)[S@](C)(=O)=NC(=O)c1ccc(N)cc1. The smallest absolute Gasteiger partial charge is 0.286 e. The lowest BCUT2D eigenvalue weighted by atomic mass is 10.2. The Morgan fingerprint density at radius 3 is 2.25 bits per heavy atom. The molecule has 1 rings (SSSR count). The maximum Gasteiger partial charge on any atom is 0.286 e. The Morgan fingerprint density at radius 2 is 1.81 bits per heavy atom. The fourth-order valence-corrected chi connectivity index (χ4v) is 1.49. The van der Waals surface area contributed by atoms with Gasteiger partial charge in [-0.3, -0.25) is 4.79 Å². The predicted octanol–water partition coefficient (Wildman–Crippen LogP) is 0.983. The van der Waals surface area contributed by atoms with Crippen LogP contribution in [0.3, 0.4) is 0 Å². The lowest BCUT2D eigenvalue weighted by Crippen LogP contribution is -2.21. The Morgan fingerprint density at radius 1 is 1.31 bits per heavy atom. The van der Waals surface area contributed by atoms with Crippen molar-refractivity contribution in [3.05, 3.63) is 29.8 Å². The van der Waals surface area contributed by atoms with Gasteiger partial charge in [-0.05, 0) is 24.3 Å². The van der Waals surface area contributed by atoms with Crippen LogP contribution in [0.15, 0.2) is 28.6 Å². The lowest BCUT2D eigenvalue weighted by Gasteiger charge is -2.10. The van der Waals surface area contributed by atoms with Crippen LogP contribution in [0.5, 0.6) is 0 Å². The molecule has 0 aliphatic rings. The second kappa shape index (κ2) is 4.63. The van der Waals surface area contributed by atoms with Gasteiger partial charge in [-0.2, -0.15) is 0 Å². The number of carbonyl (C=O) groups excluding carboxylic acids is 1. The zero-order valence-electron chi connectivity index (χ0n) is 9.51. The third-order valence-corrected chi connectivity index (χ3v) is 3.95. The van der Waals surface area contributed by atoms with Gasteiger partial charge in [0, 0.05) is 31.6 Å². The van der Waals surface area contributed by atoms with Crippen molar-refractivity contribution in [2.24, 2.45) is 4.36 Å². The van der Waals surface area contributed by atoms with Crippen LogP contribution in [0.2, 0.25) is 0 Å². The van der Waals surface area contributed by atoms with E-state index in [1.54, 1.807) is 38.4 Å². The normalized spacial score (nSPS) is 14.5. The van der Waals surface area contributed by atoms with Crippen molar-refractivity contribution in [1.82, 2.24) is 4.31 Å². The summed E-state index contributed by atoms with van der Waals surface area (Å²) in [5, 5.41) is 0. The third-order valence-electron chi connectivity index (χ3n) is 2.09. The Bertz CT molecular complexity index is 499. The molecule has 16 heavy (non-hydrogen) atoms. The molecule has 0 heterocycles. The summed E-state index contributed by atoms with van der Waals surface area (Å²) in [5.41, 5.74) is 6.45. The minimum absolute atomic E-state index is 0.380. The summed E-state index contributed by atoms with van der Waals surface area (Å²) in [6.45, 7) is 0. The molecule has 0 spiro atoms. The van der Waals surface area contributed by atoms with Gasteiger partial charge in [0.15, 0.2) is 0 Å². The minimum Gasteiger partial charge on any atom is -0.399 e. The summed E-state index contributed by atoms with van der Waals surface area (Å²) in [4.78, 5) is 11.7. The minimum atomic E-state index is -2.63. The third kappa shape index (κ3) is 3.04. The topological polar surface area (TPSA) is 75.8 Å². The number of nitrogens with zero attached hydrogens (tertiary/aromatic N) is 2. The zero-order valence-corrected chi connectivity index (χ0v) is 10.3. The van der Waals surface area contributed by atoms with Gasteiger partial charge >= 0.3 is 0 Å². The summed E-state index contributed by atoms with van der Waals surface area (Å²) in [6.07, 6.45) is 1.42. The summed E-state index contributed by atoms with van der Waals surface area (Å²) >= 11 is 0. The summed E-state index contributed by atoms with van der Waals surface area (Å²) in [6, 6.07) is 6.34. The molecule has 1 amide bonds. The number of hydrogen-bond acceptors (Lipinski definition) is 3. The molecule has 0 unspecified atom stereocenters. The number of rotatable bonds is 2. The number of benzene rings is 1. The quantitative estimate of drug-likeness (QED) is 0.784. The summed E-state index contributed by atoms with van der Waals surface area (Å²) in [5.74, 6) is -0.499. The largest absolute Gasteiger partial charge is 0.399 e. The highest BCUT2D eigenvalue weighted by Crippen LogP contribution is 2.08. The first kappa shape index (κ1) is 12.7. The highest BCUT2D eigenvalue weighted by molar-refractivity contribution is 7.90. The van der Waals surface area contributed by atoms with E-state index in [-0.39, 0.29) is 0 Å². The van der Waals surface area contributed by atoms with Crippen LogP contribution < -0.4 is 5.73 Å². The molecule has 0 fully saturated rings. The van der Waals surface area contributed by atoms with Crippen molar-refractivity contribution in [3.63, 3.8) is 0 Å². The van der Waals surface area contributed by atoms with Crippen molar-refractivity contribution >= 4 is 21.5 Å². The number of hydrogen-bond donors (Lipinski definition) is 1. The van der Waals surface area contributed by atoms with Crippen LogP contribution in [-0.2, 0) is 9.92 Å². The Labute approximate surface area is 95.6 Å². The van der Waals surface area contributed by atoms with Crippen molar-refractivity contribution in [3.8, 4) is 0 Å². The fraction of sp³-hybridized carbons (Fsp3) is 0.300. The molecular formula is C10H15N3O2S. The first-order valence-corrected chi connectivity index (χ1v) is 6.50. The van der Waals surface area contributed by atoms with Gasteiger partial charge in [0.1, 0.15) is 9.92 Å². The van der Waals surface area contributed by atoms with E-state index >= 15 is 0 Å². The number of nitrogen functional groups attached to an aromatic ring is 1. The van der Waals surface area contributed by atoms with Crippen molar-refractivity contribution in [1.29, 1.82) is 0 Å². The van der Waals surface area contributed by atoms with Gasteiger partial charge < -0.3 is 5.73 Å². The summed E-state index contributed by atoms with van der Waals surface area (Å²) in [7, 11) is 0.598. The Balaban J connectivity index is 3.06. The monoisotopic (exact) mass is 241 g/mol. The molecule has 1 atom stereocenters. The fourth-order valence-electron chi connectivity index (χ4n) is 0.914. The number of carbonyl (C=O) groups is 1. The standard InChI is InChI=1S/C10H15N3O2S/c1-13(2)16(3,15)12-10(14)8-4-6-9(11)7-5-8/h4-7H,11H2,1-3H3/t16-/m1/s1. The number of anilines is 1. The molecule has 88 valence electrons. The van der Waals surface area contributed by atoms with Gasteiger partial charge in [0.05, 0.1) is 0 Å². The van der Waals surface area contributed by atoms with E-state index in [4.69, 9.17) is 5.73 Å². The van der Waals surface area contributed by atoms with Crippen molar-refractivity contribution in [2.45, 2.75) is 0 Å². The van der Waals surface area contributed by atoms with E-state index in [0.717, 1.165) is 0 Å². The average Bonchev–Trinajstić information content (AvgIpc) is 2.17. The average molecular weight is 241 g/mol. The van der Waals surface area contributed by atoms with Crippen LogP contribution in [0, 0.1) is 0 Å². The van der Waals surface area contributed by atoms with Gasteiger partial charge in [-0.1, -0.05) is 0 Å². The second-order valence-corrected chi connectivity index (χ2v) is 6.03.